The SMILES string of the molecule is C=CCN1C(=O)CCCC12CCCN(C(=O)c1ccncc1F)C2. The van der Waals surface area contributed by atoms with E-state index in [9.17, 15) is 14.0 Å². The molecule has 1 atom stereocenters. The summed E-state index contributed by atoms with van der Waals surface area (Å²) in [4.78, 5) is 32.3. The van der Waals surface area contributed by atoms with Gasteiger partial charge in [0, 0.05) is 32.3 Å². The summed E-state index contributed by atoms with van der Waals surface area (Å²) < 4.78 is 13.9. The molecule has 0 N–H and O–H groups in total. The number of halogens is 1. The quantitative estimate of drug-likeness (QED) is 0.799. The number of pyridine rings is 1. The highest BCUT2D eigenvalue weighted by Gasteiger charge is 2.45. The van der Waals surface area contributed by atoms with Gasteiger partial charge in [-0.15, -0.1) is 6.58 Å². The van der Waals surface area contributed by atoms with Crippen molar-refractivity contribution >= 4 is 11.8 Å². The van der Waals surface area contributed by atoms with E-state index in [0.717, 1.165) is 31.9 Å². The van der Waals surface area contributed by atoms with Crippen molar-refractivity contribution in [2.75, 3.05) is 19.6 Å². The van der Waals surface area contributed by atoms with Gasteiger partial charge in [-0.2, -0.15) is 0 Å². The lowest BCUT2D eigenvalue weighted by molar-refractivity contribution is -0.143. The van der Waals surface area contributed by atoms with Crippen LogP contribution in [0.15, 0.2) is 31.1 Å². The first-order valence-electron chi connectivity index (χ1n) is 8.37. The van der Waals surface area contributed by atoms with Gasteiger partial charge in [0.25, 0.3) is 5.91 Å². The molecule has 2 fully saturated rings. The van der Waals surface area contributed by atoms with Gasteiger partial charge >= 0.3 is 0 Å². The predicted molar refractivity (Wildman–Crippen MR) is 87.8 cm³/mol. The molecule has 2 amide bonds. The topological polar surface area (TPSA) is 53.5 Å². The Morgan fingerprint density at radius 1 is 1.42 bits per heavy atom. The van der Waals surface area contributed by atoms with Crippen LogP contribution in [0.5, 0.6) is 0 Å². The van der Waals surface area contributed by atoms with Gasteiger partial charge in [-0.1, -0.05) is 6.08 Å². The Hall–Kier alpha value is -2.24. The first-order chi connectivity index (χ1) is 11.6. The fraction of sp³-hybridized carbons (Fsp3) is 0.500. The van der Waals surface area contributed by atoms with Crippen molar-refractivity contribution in [2.24, 2.45) is 0 Å². The predicted octanol–water partition coefficient (Wildman–Crippen LogP) is 2.39. The zero-order chi connectivity index (χ0) is 17.2. The zero-order valence-corrected chi connectivity index (χ0v) is 13.7. The van der Waals surface area contributed by atoms with E-state index in [1.54, 1.807) is 11.0 Å². The van der Waals surface area contributed by atoms with Gasteiger partial charge in [0.2, 0.25) is 5.91 Å². The number of amides is 2. The Labute approximate surface area is 141 Å². The van der Waals surface area contributed by atoms with Crippen molar-refractivity contribution in [3.8, 4) is 0 Å². The molecule has 1 aromatic rings. The van der Waals surface area contributed by atoms with E-state index in [1.165, 1.54) is 12.3 Å². The summed E-state index contributed by atoms with van der Waals surface area (Å²) in [7, 11) is 0. The number of piperidine rings is 2. The summed E-state index contributed by atoms with van der Waals surface area (Å²) in [6.07, 6.45) is 8.13. The van der Waals surface area contributed by atoms with Gasteiger partial charge in [-0.25, -0.2) is 4.39 Å². The van der Waals surface area contributed by atoms with E-state index in [-0.39, 0.29) is 22.9 Å². The van der Waals surface area contributed by atoms with E-state index < -0.39 is 5.82 Å². The molecule has 2 aliphatic heterocycles. The maximum Gasteiger partial charge on any atom is 0.257 e. The highest BCUT2D eigenvalue weighted by molar-refractivity contribution is 5.94. The Morgan fingerprint density at radius 2 is 2.21 bits per heavy atom. The molecule has 0 aromatic carbocycles. The van der Waals surface area contributed by atoms with E-state index in [2.05, 4.69) is 11.6 Å². The Kier molecular flexibility index (Phi) is 4.64. The number of hydrogen-bond acceptors (Lipinski definition) is 3. The second-order valence-corrected chi connectivity index (χ2v) is 6.56. The van der Waals surface area contributed by atoms with E-state index in [0.29, 0.717) is 26.1 Å². The molecule has 2 saturated heterocycles. The number of hydrogen-bond donors (Lipinski definition) is 0. The van der Waals surface area contributed by atoms with Gasteiger partial charge in [0.1, 0.15) is 0 Å². The molecule has 1 spiro atoms. The third-order valence-corrected chi connectivity index (χ3v) is 5.06. The fourth-order valence-electron chi connectivity index (χ4n) is 3.96. The second-order valence-electron chi connectivity index (χ2n) is 6.56. The lowest BCUT2D eigenvalue weighted by Crippen LogP contribution is -2.63. The van der Waals surface area contributed by atoms with Crippen LogP contribution in [-0.2, 0) is 4.79 Å². The Bertz CT molecular complexity index is 659. The fourth-order valence-corrected chi connectivity index (χ4v) is 3.96. The van der Waals surface area contributed by atoms with Crippen molar-refractivity contribution in [3.63, 3.8) is 0 Å². The van der Waals surface area contributed by atoms with Gasteiger partial charge in [0.05, 0.1) is 17.3 Å². The molecule has 3 heterocycles. The molecule has 128 valence electrons. The largest absolute Gasteiger partial charge is 0.336 e. The van der Waals surface area contributed by atoms with Crippen LogP contribution in [-0.4, -0.2) is 51.8 Å². The van der Waals surface area contributed by atoms with Crippen molar-refractivity contribution in [1.29, 1.82) is 0 Å². The molecule has 1 aromatic heterocycles. The van der Waals surface area contributed by atoms with E-state index in [1.807, 2.05) is 4.90 Å². The van der Waals surface area contributed by atoms with E-state index >= 15 is 0 Å². The molecule has 0 bridgehead atoms. The third-order valence-electron chi connectivity index (χ3n) is 5.06. The average Bonchev–Trinajstić information content (AvgIpc) is 2.58. The highest BCUT2D eigenvalue weighted by atomic mass is 19.1. The summed E-state index contributed by atoms with van der Waals surface area (Å²) in [6, 6.07) is 1.41. The molecule has 6 heteroatoms. The van der Waals surface area contributed by atoms with E-state index in [4.69, 9.17) is 0 Å². The first kappa shape index (κ1) is 16.6. The van der Waals surface area contributed by atoms with Crippen LogP contribution in [0.4, 0.5) is 4.39 Å². The minimum atomic E-state index is -0.607. The number of likely N-dealkylation sites (tertiary alicyclic amines) is 2. The number of carbonyl (C=O) groups is 2. The van der Waals surface area contributed by atoms with Crippen molar-refractivity contribution < 1.29 is 14.0 Å². The van der Waals surface area contributed by atoms with Crippen LogP contribution in [0, 0.1) is 5.82 Å². The van der Waals surface area contributed by atoms with Crippen LogP contribution in [0.2, 0.25) is 0 Å². The minimum Gasteiger partial charge on any atom is -0.336 e. The molecule has 0 aliphatic carbocycles. The molecular formula is C18H22FN3O2. The standard InChI is InChI=1S/C18H22FN3O2/c1-2-10-22-16(23)5-3-7-18(22)8-4-11-21(13-18)17(24)14-6-9-20-12-15(14)19/h2,6,9,12H,1,3-5,7-8,10-11,13H2. The lowest BCUT2D eigenvalue weighted by Gasteiger charge is -2.51. The van der Waals surface area contributed by atoms with Crippen LogP contribution in [0.1, 0.15) is 42.5 Å². The zero-order valence-electron chi connectivity index (χ0n) is 13.7. The summed E-state index contributed by atoms with van der Waals surface area (Å²) in [5.74, 6) is -0.819. The van der Waals surface area contributed by atoms with Crippen LogP contribution in [0.3, 0.4) is 0 Å². The number of nitrogens with zero attached hydrogens (tertiary/aromatic N) is 3. The van der Waals surface area contributed by atoms with Gasteiger partial charge < -0.3 is 9.80 Å². The number of aromatic nitrogens is 1. The highest BCUT2D eigenvalue weighted by Crippen LogP contribution is 2.37. The smallest absolute Gasteiger partial charge is 0.257 e. The molecule has 24 heavy (non-hydrogen) atoms. The van der Waals surface area contributed by atoms with Crippen molar-refractivity contribution in [1.82, 2.24) is 14.8 Å². The van der Waals surface area contributed by atoms with Crippen LogP contribution in [0.25, 0.3) is 0 Å². The third kappa shape index (κ3) is 2.92. The van der Waals surface area contributed by atoms with Gasteiger partial charge in [-0.3, -0.25) is 14.6 Å². The first-order valence-corrected chi connectivity index (χ1v) is 8.37. The summed E-state index contributed by atoms with van der Waals surface area (Å²) >= 11 is 0. The Balaban J connectivity index is 1.85. The molecule has 0 saturated carbocycles. The molecule has 3 rings (SSSR count). The normalized spacial score (nSPS) is 24.3. The summed E-state index contributed by atoms with van der Waals surface area (Å²) in [5, 5.41) is 0. The second kappa shape index (κ2) is 6.71. The summed E-state index contributed by atoms with van der Waals surface area (Å²) in [5.41, 5.74) is -0.305. The van der Waals surface area contributed by atoms with Crippen molar-refractivity contribution in [2.45, 2.75) is 37.6 Å². The average molecular weight is 331 g/mol. The van der Waals surface area contributed by atoms with Crippen LogP contribution < -0.4 is 0 Å². The lowest BCUT2D eigenvalue weighted by atomic mass is 9.79. The number of carbonyl (C=O) groups excluding carboxylic acids is 2. The minimum absolute atomic E-state index is 0.0412. The molecule has 1 unspecified atom stereocenters. The summed E-state index contributed by atoms with van der Waals surface area (Å²) in [6.45, 7) is 5.27. The number of rotatable bonds is 3. The van der Waals surface area contributed by atoms with Gasteiger partial charge in [-0.05, 0) is 31.7 Å². The van der Waals surface area contributed by atoms with Crippen molar-refractivity contribution in [3.05, 3.63) is 42.5 Å². The van der Waals surface area contributed by atoms with Crippen LogP contribution >= 0.6 is 0 Å². The maximum absolute atomic E-state index is 13.9. The molecule has 0 radical (unpaired) electrons. The molecular weight excluding hydrogens is 309 g/mol. The molecule has 5 nitrogen and oxygen atoms in total. The molecule has 2 aliphatic rings. The maximum atomic E-state index is 13.9. The Morgan fingerprint density at radius 3 is 2.96 bits per heavy atom. The monoisotopic (exact) mass is 331 g/mol. The van der Waals surface area contributed by atoms with Gasteiger partial charge in [0.15, 0.2) is 5.82 Å².